The maximum absolute atomic E-state index is 13.0. The van der Waals surface area contributed by atoms with E-state index in [1.165, 1.54) is 0 Å². The van der Waals surface area contributed by atoms with E-state index in [2.05, 4.69) is 37.9 Å². The topological polar surface area (TPSA) is 64.2 Å². The summed E-state index contributed by atoms with van der Waals surface area (Å²) in [4.78, 5) is 0. The zero-order valence-electron chi connectivity index (χ0n) is 19.1. The Labute approximate surface area is 196 Å². The minimum atomic E-state index is -0.958. The lowest BCUT2D eigenvalue weighted by Crippen LogP contribution is -2.51. The maximum atomic E-state index is 13.0. The number of aromatic nitrogens is 2. The maximum Gasteiger partial charge on any atom is 0.173 e. The summed E-state index contributed by atoms with van der Waals surface area (Å²) in [6, 6.07) is 15.3. The molecule has 7 heteroatoms. The Kier molecular flexibility index (Phi) is 6.12. The third kappa shape index (κ3) is 4.30. The zero-order valence-corrected chi connectivity index (χ0v) is 20.6. The van der Waals surface area contributed by atoms with E-state index in [0.29, 0.717) is 29.3 Å². The first-order valence-corrected chi connectivity index (χ1v) is 12.2. The Balaban J connectivity index is 1.81. The molecule has 1 N–H and O–H groups in total. The molecular formula is C25H29ClN2O3S. The fourth-order valence-corrected chi connectivity index (χ4v) is 6.90. The molecule has 1 saturated heterocycles. The number of rotatable bonds is 5. The highest BCUT2D eigenvalue weighted by molar-refractivity contribution is 7.87. The van der Waals surface area contributed by atoms with E-state index in [1.807, 2.05) is 48.5 Å². The first kappa shape index (κ1) is 22.9. The lowest BCUT2D eigenvalue weighted by Gasteiger charge is -2.43. The predicted octanol–water partition coefficient (Wildman–Crippen LogP) is 6.25. The van der Waals surface area contributed by atoms with Gasteiger partial charge in [0.2, 0.25) is 0 Å². The smallest absolute Gasteiger partial charge is 0.173 e. The van der Waals surface area contributed by atoms with E-state index in [1.54, 1.807) is 7.11 Å². The highest BCUT2D eigenvalue weighted by atomic mass is 35.5. The van der Waals surface area contributed by atoms with Crippen LogP contribution in [0.25, 0.3) is 22.5 Å². The molecule has 1 aliphatic heterocycles. The molecule has 1 aliphatic rings. The largest absolute Gasteiger partial charge is 0.496 e. The number of nitrogens with one attached hydrogen (secondary N) is 1. The van der Waals surface area contributed by atoms with Crippen molar-refractivity contribution in [2.45, 2.75) is 56.1 Å². The number of para-hydroxylation sites is 1. The Bertz CT molecular complexity index is 1120. The molecule has 0 amide bonds. The summed E-state index contributed by atoms with van der Waals surface area (Å²) in [6.45, 7) is 8.21. The van der Waals surface area contributed by atoms with Crippen LogP contribution in [0.1, 0.15) is 40.5 Å². The van der Waals surface area contributed by atoms with Gasteiger partial charge in [-0.3, -0.25) is 9.31 Å². The zero-order chi connectivity index (χ0) is 23.1. The van der Waals surface area contributed by atoms with Gasteiger partial charge in [0.05, 0.1) is 7.11 Å². The molecule has 4 rings (SSSR count). The van der Waals surface area contributed by atoms with E-state index in [9.17, 15) is 4.21 Å². The Morgan fingerprint density at radius 1 is 1.03 bits per heavy atom. The van der Waals surface area contributed by atoms with Crippen LogP contribution in [0.5, 0.6) is 11.5 Å². The quantitative estimate of drug-likeness (QED) is 0.476. The fourth-order valence-electron chi connectivity index (χ4n) is 4.60. The number of hydrogen-bond acceptors (Lipinski definition) is 4. The summed E-state index contributed by atoms with van der Waals surface area (Å²) in [5.41, 5.74) is 3.25. The molecule has 0 radical (unpaired) electrons. The van der Waals surface area contributed by atoms with Crippen molar-refractivity contribution in [2.24, 2.45) is 0 Å². The monoisotopic (exact) mass is 472 g/mol. The summed E-state index contributed by atoms with van der Waals surface area (Å²) in [6.07, 6.45) is 1.29. The molecule has 2 aromatic carbocycles. The van der Waals surface area contributed by atoms with Gasteiger partial charge < -0.3 is 9.47 Å². The number of aromatic amines is 1. The van der Waals surface area contributed by atoms with E-state index >= 15 is 0 Å². The van der Waals surface area contributed by atoms with E-state index in [0.717, 1.165) is 22.6 Å². The summed E-state index contributed by atoms with van der Waals surface area (Å²) in [5, 5.41) is 8.44. The standard InChI is InChI=1S/C25H29ClN2O3S/c1-24(2)14-18(15-25(3,4)32(24)29)31-23-21(16-10-12-17(26)13-11-16)27-28-22(23)19-8-6-7-9-20(19)30-5/h6-13,18H,14-15H2,1-5H3,(H,27,28). The molecule has 5 nitrogen and oxygen atoms in total. The molecule has 3 aromatic rings. The van der Waals surface area contributed by atoms with Crippen LogP contribution in [0.4, 0.5) is 0 Å². The van der Waals surface area contributed by atoms with E-state index < -0.39 is 10.8 Å². The second kappa shape index (κ2) is 8.56. The first-order valence-electron chi connectivity index (χ1n) is 10.7. The number of ether oxygens (including phenoxy) is 2. The van der Waals surface area contributed by atoms with Gasteiger partial charge in [-0.25, -0.2) is 0 Å². The molecule has 1 fully saturated rings. The average Bonchev–Trinajstić information content (AvgIpc) is 3.15. The molecule has 0 unspecified atom stereocenters. The summed E-state index contributed by atoms with van der Waals surface area (Å²) in [5.74, 6) is 1.40. The van der Waals surface area contributed by atoms with Crippen molar-refractivity contribution in [3.63, 3.8) is 0 Å². The molecule has 0 bridgehead atoms. The van der Waals surface area contributed by atoms with Gasteiger partial charge in [0.15, 0.2) is 5.75 Å². The van der Waals surface area contributed by atoms with Gasteiger partial charge in [0.25, 0.3) is 0 Å². The van der Waals surface area contributed by atoms with Gasteiger partial charge in [-0.2, -0.15) is 5.10 Å². The molecule has 0 aliphatic carbocycles. The number of hydrogen-bond donors (Lipinski definition) is 1. The van der Waals surface area contributed by atoms with Crippen molar-refractivity contribution < 1.29 is 13.7 Å². The highest BCUT2D eigenvalue weighted by Gasteiger charge is 2.46. The Morgan fingerprint density at radius 2 is 1.66 bits per heavy atom. The van der Waals surface area contributed by atoms with Gasteiger partial charge >= 0.3 is 0 Å². The van der Waals surface area contributed by atoms with Gasteiger partial charge in [0.1, 0.15) is 23.2 Å². The van der Waals surface area contributed by atoms with Gasteiger partial charge in [0, 0.05) is 49.3 Å². The van der Waals surface area contributed by atoms with Crippen LogP contribution in [0.2, 0.25) is 5.02 Å². The third-order valence-electron chi connectivity index (χ3n) is 5.94. The normalized spacial score (nSPS) is 21.8. The summed E-state index contributed by atoms with van der Waals surface area (Å²) >= 11 is 6.11. The SMILES string of the molecule is COc1ccccc1-c1[nH]nc(-c2ccc(Cl)cc2)c1OC1CC(C)(C)S(=O)C(C)(C)C1. The van der Waals surface area contributed by atoms with E-state index in [4.69, 9.17) is 21.1 Å². The average molecular weight is 473 g/mol. The molecule has 0 atom stereocenters. The van der Waals surface area contributed by atoms with Crippen LogP contribution in [-0.2, 0) is 10.8 Å². The van der Waals surface area contributed by atoms with Gasteiger partial charge in [-0.1, -0.05) is 35.9 Å². The lowest BCUT2D eigenvalue weighted by atomic mass is 9.95. The van der Waals surface area contributed by atoms with Crippen LogP contribution in [-0.4, -0.2) is 37.1 Å². The number of H-pyrrole nitrogens is 1. The molecule has 2 heterocycles. The first-order chi connectivity index (χ1) is 15.1. The molecule has 0 saturated carbocycles. The molecule has 0 spiro atoms. The number of halogens is 1. The van der Waals surface area contributed by atoms with Crippen molar-refractivity contribution in [1.29, 1.82) is 0 Å². The van der Waals surface area contributed by atoms with Crippen LogP contribution in [0.15, 0.2) is 48.5 Å². The van der Waals surface area contributed by atoms with Crippen LogP contribution in [0.3, 0.4) is 0 Å². The predicted molar refractivity (Wildman–Crippen MR) is 131 cm³/mol. The van der Waals surface area contributed by atoms with E-state index in [-0.39, 0.29) is 15.6 Å². The van der Waals surface area contributed by atoms with Crippen LogP contribution >= 0.6 is 11.6 Å². The number of benzene rings is 2. The fraction of sp³-hybridized carbons (Fsp3) is 0.400. The Hall–Kier alpha value is -2.31. The van der Waals surface area contributed by atoms with Crippen LogP contribution in [0, 0.1) is 0 Å². The van der Waals surface area contributed by atoms with Gasteiger partial charge in [-0.05, 0) is 52.0 Å². The lowest BCUT2D eigenvalue weighted by molar-refractivity contribution is 0.150. The number of methoxy groups -OCH3 is 1. The molecular weight excluding hydrogens is 444 g/mol. The van der Waals surface area contributed by atoms with Crippen molar-refractivity contribution in [2.75, 3.05) is 7.11 Å². The molecule has 170 valence electrons. The van der Waals surface area contributed by atoms with Crippen molar-refractivity contribution in [3.05, 3.63) is 53.6 Å². The number of nitrogens with zero attached hydrogens (tertiary/aromatic N) is 1. The minimum absolute atomic E-state index is 0.102. The second-order valence-electron chi connectivity index (χ2n) is 9.42. The summed E-state index contributed by atoms with van der Waals surface area (Å²) in [7, 11) is 0.692. The summed E-state index contributed by atoms with van der Waals surface area (Å²) < 4.78 is 24.6. The Morgan fingerprint density at radius 3 is 2.28 bits per heavy atom. The van der Waals surface area contributed by atoms with Crippen LogP contribution < -0.4 is 9.47 Å². The third-order valence-corrected chi connectivity index (χ3v) is 8.54. The van der Waals surface area contributed by atoms with Crippen molar-refractivity contribution in [1.82, 2.24) is 10.2 Å². The van der Waals surface area contributed by atoms with Crippen molar-refractivity contribution in [3.8, 4) is 34.0 Å². The minimum Gasteiger partial charge on any atom is -0.496 e. The highest BCUT2D eigenvalue weighted by Crippen LogP contribution is 2.45. The molecule has 1 aromatic heterocycles. The van der Waals surface area contributed by atoms with Gasteiger partial charge in [-0.15, -0.1) is 0 Å². The second-order valence-corrected chi connectivity index (χ2v) is 12.6. The van der Waals surface area contributed by atoms with Crippen molar-refractivity contribution >= 4 is 22.4 Å². The molecule has 32 heavy (non-hydrogen) atoms.